The minimum absolute atomic E-state index is 0.00844. The summed E-state index contributed by atoms with van der Waals surface area (Å²) < 4.78 is 2.04. The van der Waals surface area contributed by atoms with Gasteiger partial charge in [-0.25, -0.2) is 0 Å². The van der Waals surface area contributed by atoms with Crippen molar-refractivity contribution in [3.05, 3.63) is 100 Å². The van der Waals surface area contributed by atoms with Gasteiger partial charge in [0, 0.05) is 33.4 Å². The lowest BCUT2D eigenvalue weighted by Crippen LogP contribution is -2.11. The van der Waals surface area contributed by atoms with E-state index in [1.54, 1.807) is 6.07 Å². The molecule has 0 unspecified atom stereocenters. The second kappa shape index (κ2) is 5.99. The van der Waals surface area contributed by atoms with Crippen LogP contribution < -0.4 is 5.43 Å². The summed E-state index contributed by atoms with van der Waals surface area (Å²) in [6.07, 6.45) is 1.88. The van der Waals surface area contributed by atoms with Crippen LogP contribution >= 0.6 is 11.6 Å². The molecule has 0 bridgehead atoms. The third-order valence-corrected chi connectivity index (χ3v) is 4.44. The van der Waals surface area contributed by atoms with Crippen LogP contribution in [0.1, 0.15) is 0 Å². The Labute approximate surface area is 144 Å². The van der Waals surface area contributed by atoms with Gasteiger partial charge < -0.3 is 4.57 Å². The minimum Gasteiger partial charge on any atom is -0.316 e. The van der Waals surface area contributed by atoms with Crippen LogP contribution in [0.4, 0.5) is 0 Å². The Bertz CT molecular complexity index is 1080. The van der Waals surface area contributed by atoms with Gasteiger partial charge in [0.1, 0.15) is 0 Å². The molecule has 3 aromatic carbocycles. The molecule has 1 aromatic heterocycles. The molecule has 0 saturated carbocycles. The first kappa shape index (κ1) is 14.7. The van der Waals surface area contributed by atoms with Gasteiger partial charge in [-0.15, -0.1) is 0 Å². The van der Waals surface area contributed by atoms with E-state index in [1.807, 2.05) is 83.6 Å². The van der Waals surface area contributed by atoms with Crippen LogP contribution in [0.2, 0.25) is 5.02 Å². The number of fused-ring (bicyclic) bond motifs is 1. The molecule has 2 nitrogen and oxygen atoms in total. The van der Waals surface area contributed by atoms with E-state index in [-0.39, 0.29) is 5.43 Å². The highest BCUT2D eigenvalue weighted by Crippen LogP contribution is 2.28. The van der Waals surface area contributed by atoms with Crippen molar-refractivity contribution < 1.29 is 0 Å². The molecule has 4 rings (SSSR count). The lowest BCUT2D eigenvalue weighted by atomic mass is 10.0. The Balaban J connectivity index is 2.12. The molecule has 24 heavy (non-hydrogen) atoms. The highest BCUT2D eigenvalue weighted by Gasteiger charge is 2.13. The molecule has 4 aromatic rings. The minimum atomic E-state index is -0.00844. The zero-order valence-corrected chi connectivity index (χ0v) is 13.6. The number of halogens is 1. The number of nitrogens with zero attached hydrogens (tertiary/aromatic N) is 1. The highest BCUT2D eigenvalue weighted by molar-refractivity contribution is 6.33. The Morgan fingerprint density at radius 3 is 2.17 bits per heavy atom. The molecular formula is C21H14ClNO. The van der Waals surface area contributed by atoms with E-state index < -0.39 is 0 Å². The fraction of sp³-hybridized carbons (Fsp3) is 0. The van der Waals surface area contributed by atoms with Crippen LogP contribution in [0.25, 0.3) is 27.7 Å². The number of para-hydroxylation sites is 2. The second-order valence-corrected chi connectivity index (χ2v) is 5.98. The summed E-state index contributed by atoms with van der Waals surface area (Å²) in [7, 11) is 0. The molecule has 0 fully saturated rings. The van der Waals surface area contributed by atoms with Crippen LogP contribution in [-0.4, -0.2) is 4.57 Å². The summed E-state index contributed by atoms with van der Waals surface area (Å²) in [6.45, 7) is 0. The van der Waals surface area contributed by atoms with E-state index in [4.69, 9.17) is 11.6 Å². The number of hydrogen-bond donors (Lipinski definition) is 0. The van der Waals surface area contributed by atoms with Crippen LogP contribution in [0.3, 0.4) is 0 Å². The van der Waals surface area contributed by atoms with Crippen LogP contribution in [0.5, 0.6) is 0 Å². The van der Waals surface area contributed by atoms with E-state index in [1.165, 1.54) is 0 Å². The molecule has 3 heteroatoms. The lowest BCUT2D eigenvalue weighted by molar-refractivity contribution is 1.10. The lowest BCUT2D eigenvalue weighted by Gasteiger charge is -2.14. The highest BCUT2D eigenvalue weighted by atomic mass is 35.5. The molecule has 0 amide bonds. The van der Waals surface area contributed by atoms with Crippen molar-refractivity contribution >= 4 is 22.5 Å². The smallest absolute Gasteiger partial charge is 0.197 e. The summed E-state index contributed by atoms with van der Waals surface area (Å²) >= 11 is 6.33. The van der Waals surface area contributed by atoms with E-state index in [9.17, 15) is 4.79 Å². The van der Waals surface area contributed by atoms with Gasteiger partial charge in [-0.05, 0) is 30.3 Å². The predicted octanol–water partition coefficient (Wildman–Crippen LogP) is 5.31. The second-order valence-electron chi connectivity index (χ2n) is 5.57. The SMILES string of the molecule is O=c1c(-c2ccccc2Cl)cn(-c2ccccc2)c2ccccc12. The summed E-state index contributed by atoms with van der Waals surface area (Å²) in [5.74, 6) is 0. The fourth-order valence-electron chi connectivity index (χ4n) is 2.95. The molecule has 0 atom stereocenters. The third kappa shape index (κ3) is 2.41. The molecule has 0 N–H and O–H groups in total. The van der Waals surface area contributed by atoms with Gasteiger partial charge in [0.25, 0.3) is 0 Å². The Hall–Kier alpha value is -2.84. The van der Waals surface area contributed by atoms with Crippen LogP contribution in [-0.2, 0) is 0 Å². The molecule has 0 aliphatic heterocycles. The van der Waals surface area contributed by atoms with Crippen molar-refractivity contribution in [3.8, 4) is 16.8 Å². The topological polar surface area (TPSA) is 22.0 Å². The average molecular weight is 332 g/mol. The molecular weight excluding hydrogens is 318 g/mol. The standard InChI is InChI=1S/C21H14ClNO/c22-19-12-6-4-10-16(19)18-14-23(15-8-2-1-3-9-15)20-13-7-5-11-17(20)21(18)24/h1-14H. The van der Waals surface area contributed by atoms with E-state index >= 15 is 0 Å². The number of hydrogen-bond acceptors (Lipinski definition) is 1. The number of rotatable bonds is 2. The number of pyridine rings is 1. The van der Waals surface area contributed by atoms with Crippen molar-refractivity contribution in [2.75, 3.05) is 0 Å². The zero-order chi connectivity index (χ0) is 16.5. The molecule has 116 valence electrons. The van der Waals surface area contributed by atoms with Gasteiger partial charge in [-0.3, -0.25) is 4.79 Å². The van der Waals surface area contributed by atoms with Crippen molar-refractivity contribution in [2.45, 2.75) is 0 Å². The Morgan fingerprint density at radius 2 is 1.38 bits per heavy atom. The van der Waals surface area contributed by atoms with Gasteiger partial charge in [-0.2, -0.15) is 0 Å². The third-order valence-electron chi connectivity index (χ3n) is 4.11. The van der Waals surface area contributed by atoms with Crippen LogP contribution in [0, 0.1) is 0 Å². The van der Waals surface area contributed by atoms with Gasteiger partial charge in [0.2, 0.25) is 0 Å². The first-order valence-corrected chi connectivity index (χ1v) is 8.08. The summed E-state index contributed by atoms with van der Waals surface area (Å²) in [5, 5.41) is 1.25. The monoisotopic (exact) mass is 331 g/mol. The molecule has 0 aliphatic rings. The van der Waals surface area contributed by atoms with Crippen LogP contribution in [0.15, 0.2) is 89.9 Å². The van der Waals surface area contributed by atoms with Crippen molar-refractivity contribution in [1.82, 2.24) is 4.57 Å². The van der Waals surface area contributed by atoms with Gasteiger partial charge in [-0.1, -0.05) is 60.1 Å². The largest absolute Gasteiger partial charge is 0.316 e. The number of benzene rings is 3. The normalized spacial score (nSPS) is 10.9. The van der Waals surface area contributed by atoms with Crippen molar-refractivity contribution in [3.63, 3.8) is 0 Å². The summed E-state index contributed by atoms with van der Waals surface area (Å²) in [5.41, 5.74) is 3.22. The Morgan fingerprint density at radius 1 is 0.708 bits per heavy atom. The van der Waals surface area contributed by atoms with E-state index in [0.717, 1.165) is 16.8 Å². The first-order chi connectivity index (χ1) is 11.8. The predicted molar refractivity (Wildman–Crippen MR) is 100.0 cm³/mol. The van der Waals surface area contributed by atoms with Gasteiger partial charge >= 0.3 is 0 Å². The summed E-state index contributed by atoms with van der Waals surface area (Å²) in [6, 6.07) is 25.1. The zero-order valence-electron chi connectivity index (χ0n) is 12.8. The van der Waals surface area contributed by atoms with E-state index in [0.29, 0.717) is 16.0 Å². The molecule has 0 saturated heterocycles. The fourth-order valence-corrected chi connectivity index (χ4v) is 3.19. The average Bonchev–Trinajstić information content (AvgIpc) is 2.64. The van der Waals surface area contributed by atoms with Gasteiger partial charge in [0.15, 0.2) is 5.43 Å². The first-order valence-electron chi connectivity index (χ1n) is 7.70. The number of aromatic nitrogens is 1. The quantitative estimate of drug-likeness (QED) is 0.488. The molecule has 0 spiro atoms. The maximum absolute atomic E-state index is 13.0. The van der Waals surface area contributed by atoms with Crippen molar-refractivity contribution in [1.29, 1.82) is 0 Å². The Kier molecular flexibility index (Phi) is 3.68. The maximum atomic E-state index is 13.0. The van der Waals surface area contributed by atoms with Crippen molar-refractivity contribution in [2.24, 2.45) is 0 Å². The maximum Gasteiger partial charge on any atom is 0.197 e. The molecule has 1 heterocycles. The van der Waals surface area contributed by atoms with Gasteiger partial charge in [0.05, 0.1) is 5.52 Å². The van der Waals surface area contributed by atoms with E-state index in [2.05, 4.69) is 0 Å². The summed E-state index contributed by atoms with van der Waals surface area (Å²) in [4.78, 5) is 13.0. The molecule has 0 aliphatic carbocycles. The molecule has 0 radical (unpaired) electrons.